The Labute approximate surface area is 97.3 Å². The monoisotopic (exact) mass is 220 g/mol. The highest BCUT2D eigenvalue weighted by molar-refractivity contribution is 5.30. The summed E-state index contributed by atoms with van der Waals surface area (Å²) in [7, 11) is 0. The minimum absolute atomic E-state index is 0.151. The van der Waals surface area contributed by atoms with E-state index in [0.717, 1.165) is 17.9 Å². The quantitative estimate of drug-likeness (QED) is 0.689. The Morgan fingerprint density at radius 2 is 2.38 bits per heavy atom. The number of hydrogen-bond acceptors (Lipinski definition) is 3. The molecular formula is C13H20N2O. The average Bonchev–Trinajstić information content (AvgIpc) is 2.31. The third kappa shape index (κ3) is 3.68. The number of nitrogens with one attached hydrogen (secondary N) is 1. The molecule has 0 radical (unpaired) electrons. The first-order chi connectivity index (χ1) is 7.81. The van der Waals surface area contributed by atoms with Crippen LogP contribution in [0, 0.1) is 0 Å². The molecule has 1 aromatic carbocycles. The van der Waals surface area contributed by atoms with E-state index in [1.165, 1.54) is 0 Å². The van der Waals surface area contributed by atoms with Gasteiger partial charge in [0, 0.05) is 19.1 Å². The molecule has 0 spiro atoms. The van der Waals surface area contributed by atoms with Gasteiger partial charge in [-0.05, 0) is 24.6 Å². The van der Waals surface area contributed by atoms with Crippen LogP contribution in [0.2, 0.25) is 0 Å². The maximum atomic E-state index is 5.73. The summed E-state index contributed by atoms with van der Waals surface area (Å²) in [6, 6.07) is 8.17. The van der Waals surface area contributed by atoms with Crippen LogP contribution in [0.4, 0.5) is 0 Å². The molecule has 0 bridgehead atoms. The van der Waals surface area contributed by atoms with Gasteiger partial charge in [-0.25, -0.2) is 0 Å². The molecule has 1 aromatic rings. The molecule has 0 aliphatic carbocycles. The second-order valence-corrected chi connectivity index (χ2v) is 3.49. The first-order valence-corrected chi connectivity index (χ1v) is 5.59. The zero-order valence-corrected chi connectivity index (χ0v) is 9.78. The standard InChI is InChI=1S/C13H20N2O/c1-3-8-15-13(10-14)11-6-5-7-12(9-11)16-4-2/h3,5-7,9,13,15H,1,4,8,10,14H2,2H3. The third-order valence-corrected chi connectivity index (χ3v) is 2.32. The minimum atomic E-state index is 0.151. The number of benzene rings is 1. The molecule has 88 valence electrons. The Bertz CT molecular complexity index is 325. The van der Waals surface area contributed by atoms with E-state index in [2.05, 4.69) is 18.0 Å². The average molecular weight is 220 g/mol. The van der Waals surface area contributed by atoms with Crippen molar-refractivity contribution in [2.24, 2.45) is 5.73 Å². The van der Waals surface area contributed by atoms with Crippen molar-refractivity contribution in [2.75, 3.05) is 19.7 Å². The van der Waals surface area contributed by atoms with Crippen LogP contribution in [0.1, 0.15) is 18.5 Å². The second kappa shape index (κ2) is 7.04. The SMILES string of the molecule is C=CCNC(CN)c1cccc(OCC)c1. The Morgan fingerprint density at radius 1 is 1.56 bits per heavy atom. The highest BCUT2D eigenvalue weighted by Crippen LogP contribution is 2.18. The molecule has 0 aliphatic heterocycles. The van der Waals surface area contributed by atoms with E-state index in [-0.39, 0.29) is 6.04 Å². The number of rotatable bonds is 7. The van der Waals surface area contributed by atoms with E-state index in [9.17, 15) is 0 Å². The van der Waals surface area contributed by atoms with Gasteiger partial charge in [-0.3, -0.25) is 0 Å². The lowest BCUT2D eigenvalue weighted by Crippen LogP contribution is -2.28. The molecule has 3 nitrogen and oxygen atoms in total. The van der Waals surface area contributed by atoms with E-state index in [1.807, 2.05) is 31.2 Å². The maximum Gasteiger partial charge on any atom is 0.119 e. The van der Waals surface area contributed by atoms with Crippen LogP contribution in [0.3, 0.4) is 0 Å². The normalized spacial score (nSPS) is 12.1. The van der Waals surface area contributed by atoms with Gasteiger partial charge < -0.3 is 15.8 Å². The van der Waals surface area contributed by atoms with Gasteiger partial charge in [-0.1, -0.05) is 18.2 Å². The van der Waals surface area contributed by atoms with Crippen LogP contribution in [0.25, 0.3) is 0 Å². The molecule has 1 unspecified atom stereocenters. The molecule has 3 heteroatoms. The Hall–Kier alpha value is -1.32. The molecule has 0 saturated heterocycles. The van der Waals surface area contributed by atoms with E-state index in [4.69, 9.17) is 10.5 Å². The summed E-state index contributed by atoms with van der Waals surface area (Å²) < 4.78 is 5.46. The van der Waals surface area contributed by atoms with Crippen molar-refractivity contribution >= 4 is 0 Å². The first-order valence-electron chi connectivity index (χ1n) is 5.59. The highest BCUT2D eigenvalue weighted by Gasteiger charge is 2.08. The summed E-state index contributed by atoms with van der Waals surface area (Å²) >= 11 is 0. The topological polar surface area (TPSA) is 47.3 Å². The van der Waals surface area contributed by atoms with Crippen LogP contribution < -0.4 is 15.8 Å². The van der Waals surface area contributed by atoms with Gasteiger partial charge in [0.05, 0.1) is 6.61 Å². The fourth-order valence-electron chi connectivity index (χ4n) is 1.55. The summed E-state index contributed by atoms with van der Waals surface area (Å²) in [6.45, 7) is 7.64. The smallest absolute Gasteiger partial charge is 0.119 e. The lowest BCUT2D eigenvalue weighted by Gasteiger charge is -2.17. The van der Waals surface area contributed by atoms with Gasteiger partial charge in [0.25, 0.3) is 0 Å². The maximum absolute atomic E-state index is 5.73. The fraction of sp³-hybridized carbons (Fsp3) is 0.385. The van der Waals surface area contributed by atoms with E-state index >= 15 is 0 Å². The Balaban J connectivity index is 2.74. The van der Waals surface area contributed by atoms with Crippen LogP contribution >= 0.6 is 0 Å². The van der Waals surface area contributed by atoms with Gasteiger partial charge >= 0.3 is 0 Å². The zero-order chi connectivity index (χ0) is 11.8. The molecule has 0 aromatic heterocycles. The second-order valence-electron chi connectivity index (χ2n) is 3.49. The molecule has 1 rings (SSSR count). The van der Waals surface area contributed by atoms with Crippen molar-refractivity contribution in [3.05, 3.63) is 42.5 Å². The highest BCUT2D eigenvalue weighted by atomic mass is 16.5. The van der Waals surface area contributed by atoms with Crippen molar-refractivity contribution in [2.45, 2.75) is 13.0 Å². The van der Waals surface area contributed by atoms with E-state index < -0.39 is 0 Å². The molecule has 0 aliphatic rings. The van der Waals surface area contributed by atoms with E-state index in [1.54, 1.807) is 0 Å². The van der Waals surface area contributed by atoms with Crippen molar-refractivity contribution in [3.63, 3.8) is 0 Å². The molecule has 0 fully saturated rings. The van der Waals surface area contributed by atoms with Crippen LogP contribution in [0.15, 0.2) is 36.9 Å². The Morgan fingerprint density at radius 3 is 3.00 bits per heavy atom. The Kier molecular flexibility index (Phi) is 5.61. The minimum Gasteiger partial charge on any atom is -0.494 e. The largest absolute Gasteiger partial charge is 0.494 e. The first kappa shape index (κ1) is 12.7. The van der Waals surface area contributed by atoms with Crippen LogP contribution in [0.5, 0.6) is 5.75 Å². The zero-order valence-electron chi connectivity index (χ0n) is 9.78. The van der Waals surface area contributed by atoms with Gasteiger partial charge in [-0.2, -0.15) is 0 Å². The van der Waals surface area contributed by atoms with Gasteiger partial charge in [-0.15, -0.1) is 6.58 Å². The van der Waals surface area contributed by atoms with Crippen LogP contribution in [-0.2, 0) is 0 Å². The lowest BCUT2D eigenvalue weighted by atomic mass is 10.1. The van der Waals surface area contributed by atoms with Gasteiger partial charge in [0.1, 0.15) is 5.75 Å². The van der Waals surface area contributed by atoms with Crippen molar-refractivity contribution < 1.29 is 4.74 Å². The molecule has 0 saturated carbocycles. The van der Waals surface area contributed by atoms with Crippen molar-refractivity contribution in [1.82, 2.24) is 5.32 Å². The summed E-state index contributed by atoms with van der Waals surface area (Å²) in [5.74, 6) is 0.888. The number of ether oxygens (including phenoxy) is 1. The molecular weight excluding hydrogens is 200 g/mol. The molecule has 1 atom stereocenters. The van der Waals surface area contributed by atoms with Crippen molar-refractivity contribution in [3.8, 4) is 5.75 Å². The van der Waals surface area contributed by atoms with Crippen LogP contribution in [-0.4, -0.2) is 19.7 Å². The molecule has 3 N–H and O–H groups in total. The van der Waals surface area contributed by atoms with Crippen molar-refractivity contribution in [1.29, 1.82) is 0 Å². The lowest BCUT2D eigenvalue weighted by molar-refractivity contribution is 0.339. The van der Waals surface area contributed by atoms with E-state index in [0.29, 0.717) is 13.2 Å². The summed E-state index contributed by atoms with van der Waals surface area (Å²) in [5, 5.41) is 3.31. The predicted molar refractivity (Wildman–Crippen MR) is 67.6 cm³/mol. The summed E-state index contributed by atoms with van der Waals surface area (Å²) in [4.78, 5) is 0. The number of hydrogen-bond donors (Lipinski definition) is 2. The summed E-state index contributed by atoms with van der Waals surface area (Å²) in [6.07, 6.45) is 1.83. The third-order valence-electron chi connectivity index (χ3n) is 2.32. The predicted octanol–water partition coefficient (Wildman–Crippen LogP) is 1.86. The molecule has 0 amide bonds. The molecule has 0 heterocycles. The summed E-state index contributed by atoms with van der Waals surface area (Å²) in [5.41, 5.74) is 6.88. The fourth-order valence-corrected chi connectivity index (χ4v) is 1.55. The van der Waals surface area contributed by atoms with Gasteiger partial charge in [0.2, 0.25) is 0 Å². The van der Waals surface area contributed by atoms with Gasteiger partial charge in [0.15, 0.2) is 0 Å². The number of nitrogens with two attached hydrogens (primary N) is 1. The molecule has 16 heavy (non-hydrogen) atoms.